The first-order valence-corrected chi connectivity index (χ1v) is 9.62. The first-order valence-electron chi connectivity index (χ1n) is 9.62. The lowest BCUT2D eigenvalue weighted by Crippen LogP contribution is -2.58. The van der Waals surface area contributed by atoms with Crippen LogP contribution in [0.15, 0.2) is 11.6 Å². The maximum absolute atomic E-state index is 11.5. The SMILES string of the molecule is CC(=O)O[C@H]1COC2C3C(CC[C@@]21C)[C@@]1(C)CC[C@H](O)CC1=C[C@@H]3O. The third-order valence-corrected chi connectivity index (χ3v) is 7.70. The van der Waals surface area contributed by atoms with Crippen LogP contribution in [-0.4, -0.2) is 47.2 Å². The first kappa shape index (κ1) is 17.5. The Kier molecular flexibility index (Phi) is 4.06. The van der Waals surface area contributed by atoms with E-state index in [4.69, 9.17) is 9.47 Å². The highest BCUT2D eigenvalue weighted by molar-refractivity contribution is 5.66. The van der Waals surface area contributed by atoms with Gasteiger partial charge in [0.2, 0.25) is 0 Å². The fraction of sp³-hybridized carbons (Fsp3) is 0.850. The van der Waals surface area contributed by atoms with Crippen molar-refractivity contribution in [3.63, 3.8) is 0 Å². The summed E-state index contributed by atoms with van der Waals surface area (Å²) in [7, 11) is 0. The second kappa shape index (κ2) is 5.80. The maximum atomic E-state index is 11.5. The minimum absolute atomic E-state index is 0.0308. The quantitative estimate of drug-likeness (QED) is 0.560. The lowest BCUT2D eigenvalue weighted by atomic mass is 9.49. The zero-order valence-corrected chi connectivity index (χ0v) is 15.4. The summed E-state index contributed by atoms with van der Waals surface area (Å²) in [5.41, 5.74) is 1.02. The van der Waals surface area contributed by atoms with Gasteiger partial charge >= 0.3 is 5.97 Å². The standard InChI is InChI=1S/C20H30O5/c1-11(21)25-16-10-24-18-17-14(5-7-20(16,18)3)19(2)6-4-13(22)8-12(19)9-15(17)23/h9,13-18,22-23H,4-8,10H2,1-3H3/t13-,14?,15-,16-,17?,18?,19-,20+/m0/s1. The highest BCUT2D eigenvalue weighted by Crippen LogP contribution is 2.62. The van der Waals surface area contributed by atoms with Gasteiger partial charge in [-0.2, -0.15) is 0 Å². The molecule has 25 heavy (non-hydrogen) atoms. The fourth-order valence-corrected chi connectivity index (χ4v) is 6.22. The summed E-state index contributed by atoms with van der Waals surface area (Å²) in [4.78, 5) is 11.5. The van der Waals surface area contributed by atoms with Crippen molar-refractivity contribution in [3.8, 4) is 0 Å². The van der Waals surface area contributed by atoms with Crippen molar-refractivity contribution in [2.45, 2.75) is 77.3 Å². The van der Waals surface area contributed by atoms with E-state index in [1.807, 2.05) is 6.08 Å². The van der Waals surface area contributed by atoms with E-state index in [-0.39, 0.29) is 41.0 Å². The van der Waals surface area contributed by atoms with Gasteiger partial charge < -0.3 is 19.7 Å². The largest absolute Gasteiger partial charge is 0.459 e. The van der Waals surface area contributed by atoms with Gasteiger partial charge in [0.05, 0.1) is 24.9 Å². The molecule has 0 amide bonds. The molecule has 0 aromatic carbocycles. The summed E-state index contributed by atoms with van der Waals surface area (Å²) in [5.74, 6) is 0.115. The van der Waals surface area contributed by atoms with Crippen molar-refractivity contribution in [1.29, 1.82) is 0 Å². The smallest absolute Gasteiger partial charge is 0.303 e. The number of hydrogen-bond acceptors (Lipinski definition) is 5. The van der Waals surface area contributed by atoms with Crippen LogP contribution in [0.5, 0.6) is 0 Å². The molecule has 0 aromatic rings. The molecule has 4 rings (SSSR count). The number of carbonyl (C=O) groups is 1. The predicted molar refractivity (Wildman–Crippen MR) is 91.7 cm³/mol. The van der Waals surface area contributed by atoms with E-state index in [1.54, 1.807) is 0 Å². The van der Waals surface area contributed by atoms with E-state index in [9.17, 15) is 15.0 Å². The number of carbonyl (C=O) groups excluding carboxylic acids is 1. The molecule has 5 nitrogen and oxygen atoms in total. The van der Waals surface area contributed by atoms with Crippen LogP contribution in [0.25, 0.3) is 0 Å². The summed E-state index contributed by atoms with van der Waals surface area (Å²) in [6, 6.07) is 0. The normalized spacial score (nSPS) is 51.8. The minimum atomic E-state index is -0.556. The molecule has 2 saturated carbocycles. The summed E-state index contributed by atoms with van der Waals surface area (Å²) in [6.07, 6.45) is 5.23. The third kappa shape index (κ3) is 2.50. The van der Waals surface area contributed by atoms with Crippen molar-refractivity contribution in [1.82, 2.24) is 0 Å². The highest BCUT2D eigenvalue weighted by atomic mass is 16.6. The fourth-order valence-electron chi connectivity index (χ4n) is 6.22. The summed E-state index contributed by atoms with van der Waals surface area (Å²) < 4.78 is 11.7. The van der Waals surface area contributed by atoms with Crippen molar-refractivity contribution in [2.75, 3.05) is 6.61 Å². The van der Waals surface area contributed by atoms with Gasteiger partial charge in [-0.1, -0.05) is 25.5 Å². The molecule has 1 heterocycles. The van der Waals surface area contributed by atoms with Gasteiger partial charge in [-0.3, -0.25) is 4.79 Å². The van der Waals surface area contributed by atoms with Crippen molar-refractivity contribution in [2.24, 2.45) is 22.7 Å². The molecule has 1 aliphatic heterocycles. The van der Waals surface area contributed by atoms with Gasteiger partial charge in [-0.05, 0) is 43.4 Å². The Labute approximate surface area is 149 Å². The number of ether oxygens (including phenoxy) is 2. The second-order valence-corrected chi connectivity index (χ2v) is 9.08. The zero-order chi connectivity index (χ0) is 18.0. The average Bonchev–Trinajstić information content (AvgIpc) is 2.85. The van der Waals surface area contributed by atoms with E-state index in [2.05, 4.69) is 13.8 Å². The Morgan fingerprint density at radius 3 is 2.76 bits per heavy atom. The Morgan fingerprint density at radius 2 is 2.04 bits per heavy atom. The summed E-state index contributed by atoms with van der Waals surface area (Å²) in [5, 5.41) is 21.0. The number of fused-ring (bicyclic) bond motifs is 5. The molecule has 0 bridgehead atoms. The molecule has 0 spiro atoms. The van der Waals surface area contributed by atoms with E-state index < -0.39 is 6.10 Å². The minimum Gasteiger partial charge on any atom is -0.459 e. The van der Waals surface area contributed by atoms with Gasteiger partial charge in [-0.15, -0.1) is 0 Å². The molecule has 140 valence electrons. The monoisotopic (exact) mass is 350 g/mol. The van der Waals surface area contributed by atoms with E-state index >= 15 is 0 Å². The molecule has 4 aliphatic rings. The predicted octanol–water partition coefficient (Wildman–Crippen LogP) is 2.20. The van der Waals surface area contributed by atoms with Crippen molar-refractivity contribution < 1.29 is 24.5 Å². The maximum Gasteiger partial charge on any atom is 0.303 e. The van der Waals surface area contributed by atoms with Crippen LogP contribution in [0.4, 0.5) is 0 Å². The van der Waals surface area contributed by atoms with Crippen LogP contribution in [0.1, 0.15) is 52.9 Å². The molecular weight excluding hydrogens is 320 g/mol. The number of aliphatic hydroxyl groups excluding tert-OH is 2. The lowest BCUT2D eigenvalue weighted by Gasteiger charge is -2.57. The molecule has 5 heteroatoms. The van der Waals surface area contributed by atoms with Gasteiger partial charge in [0.15, 0.2) is 0 Å². The molecule has 0 aromatic heterocycles. The van der Waals surface area contributed by atoms with Crippen LogP contribution in [0.2, 0.25) is 0 Å². The number of hydrogen-bond donors (Lipinski definition) is 2. The molecule has 1 saturated heterocycles. The van der Waals surface area contributed by atoms with E-state index in [0.717, 1.165) is 25.7 Å². The molecule has 0 radical (unpaired) electrons. The van der Waals surface area contributed by atoms with Crippen molar-refractivity contribution >= 4 is 5.97 Å². The van der Waals surface area contributed by atoms with Gasteiger partial charge in [0.25, 0.3) is 0 Å². The second-order valence-electron chi connectivity index (χ2n) is 9.08. The lowest BCUT2D eigenvalue weighted by molar-refractivity contribution is -0.156. The Hall–Kier alpha value is -0.910. The van der Waals surface area contributed by atoms with Gasteiger partial charge in [0.1, 0.15) is 6.10 Å². The number of esters is 1. The third-order valence-electron chi connectivity index (χ3n) is 7.70. The van der Waals surface area contributed by atoms with Crippen LogP contribution in [-0.2, 0) is 14.3 Å². The van der Waals surface area contributed by atoms with Crippen LogP contribution in [0.3, 0.4) is 0 Å². The topological polar surface area (TPSA) is 76.0 Å². The van der Waals surface area contributed by atoms with Gasteiger partial charge in [0, 0.05) is 18.3 Å². The molecule has 3 unspecified atom stereocenters. The van der Waals surface area contributed by atoms with Gasteiger partial charge in [-0.25, -0.2) is 0 Å². The average molecular weight is 350 g/mol. The molecule has 2 N–H and O–H groups in total. The van der Waals surface area contributed by atoms with E-state index in [0.29, 0.717) is 18.9 Å². The van der Waals surface area contributed by atoms with Crippen LogP contribution < -0.4 is 0 Å². The van der Waals surface area contributed by atoms with Crippen molar-refractivity contribution in [3.05, 3.63) is 11.6 Å². The molecular formula is C20H30O5. The molecule has 3 aliphatic carbocycles. The zero-order valence-electron chi connectivity index (χ0n) is 15.4. The Morgan fingerprint density at radius 1 is 1.28 bits per heavy atom. The Bertz CT molecular complexity index is 601. The van der Waals surface area contributed by atoms with Crippen LogP contribution in [0, 0.1) is 22.7 Å². The summed E-state index contributed by atoms with van der Waals surface area (Å²) in [6.45, 7) is 6.31. The molecule has 8 atom stereocenters. The first-order chi connectivity index (χ1) is 11.8. The Balaban J connectivity index is 1.67. The highest BCUT2D eigenvalue weighted by Gasteiger charge is 2.62. The van der Waals surface area contributed by atoms with E-state index in [1.165, 1.54) is 12.5 Å². The summed E-state index contributed by atoms with van der Waals surface area (Å²) >= 11 is 0. The number of aliphatic hydroxyl groups is 2. The van der Waals surface area contributed by atoms with Crippen LogP contribution >= 0.6 is 0 Å². The number of rotatable bonds is 1. The molecule has 3 fully saturated rings.